The standard InChI is InChI=1S/C13H15FN4/c1-8-9(2)17-18-13(15-8)16-10(3)11-6-4-5-7-12(11)14/h4-7,10H,1-3H3,(H,15,16,18). The first-order chi connectivity index (χ1) is 8.58. The first-order valence-electron chi connectivity index (χ1n) is 5.77. The molecule has 0 spiro atoms. The van der Waals surface area contributed by atoms with Crippen LogP contribution in [-0.2, 0) is 0 Å². The maximum absolute atomic E-state index is 13.6. The highest BCUT2D eigenvalue weighted by molar-refractivity contribution is 5.32. The predicted molar refractivity (Wildman–Crippen MR) is 67.7 cm³/mol. The minimum Gasteiger partial charge on any atom is -0.346 e. The molecule has 5 heteroatoms. The maximum atomic E-state index is 13.6. The van der Waals surface area contributed by atoms with Crippen LogP contribution in [-0.4, -0.2) is 15.2 Å². The Morgan fingerprint density at radius 1 is 1.11 bits per heavy atom. The van der Waals surface area contributed by atoms with E-state index in [0.29, 0.717) is 11.5 Å². The number of nitrogens with zero attached hydrogens (tertiary/aromatic N) is 3. The Morgan fingerprint density at radius 2 is 1.83 bits per heavy atom. The molecule has 0 saturated heterocycles. The summed E-state index contributed by atoms with van der Waals surface area (Å²) < 4.78 is 13.6. The van der Waals surface area contributed by atoms with E-state index in [2.05, 4.69) is 20.5 Å². The van der Waals surface area contributed by atoms with Crippen molar-refractivity contribution >= 4 is 5.95 Å². The summed E-state index contributed by atoms with van der Waals surface area (Å²) in [6, 6.07) is 6.43. The smallest absolute Gasteiger partial charge is 0.243 e. The normalized spacial score (nSPS) is 12.2. The fourth-order valence-corrected chi connectivity index (χ4v) is 1.62. The quantitative estimate of drug-likeness (QED) is 0.904. The lowest BCUT2D eigenvalue weighted by Gasteiger charge is -2.14. The number of benzene rings is 1. The third kappa shape index (κ3) is 2.61. The number of anilines is 1. The van der Waals surface area contributed by atoms with Gasteiger partial charge in [0.05, 0.1) is 17.4 Å². The first-order valence-corrected chi connectivity index (χ1v) is 5.77. The van der Waals surface area contributed by atoms with E-state index in [9.17, 15) is 4.39 Å². The van der Waals surface area contributed by atoms with E-state index in [1.165, 1.54) is 6.07 Å². The van der Waals surface area contributed by atoms with Gasteiger partial charge in [-0.15, -0.1) is 5.10 Å². The third-order valence-corrected chi connectivity index (χ3v) is 2.81. The Bertz CT molecular complexity index is 556. The largest absolute Gasteiger partial charge is 0.346 e. The molecule has 0 radical (unpaired) electrons. The van der Waals surface area contributed by atoms with Gasteiger partial charge in [0.2, 0.25) is 5.95 Å². The zero-order valence-electron chi connectivity index (χ0n) is 10.6. The summed E-state index contributed by atoms with van der Waals surface area (Å²) in [5, 5.41) is 11.0. The van der Waals surface area contributed by atoms with Crippen LogP contribution in [0.5, 0.6) is 0 Å². The Kier molecular flexibility index (Phi) is 3.50. The van der Waals surface area contributed by atoms with E-state index in [1.807, 2.05) is 20.8 Å². The summed E-state index contributed by atoms with van der Waals surface area (Å²) in [4.78, 5) is 4.26. The molecular weight excluding hydrogens is 231 g/mol. The topological polar surface area (TPSA) is 50.7 Å². The van der Waals surface area contributed by atoms with Gasteiger partial charge >= 0.3 is 0 Å². The SMILES string of the molecule is Cc1nnc(NC(C)c2ccccc2F)nc1C. The minimum atomic E-state index is -0.241. The van der Waals surface area contributed by atoms with E-state index in [1.54, 1.807) is 18.2 Å². The van der Waals surface area contributed by atoms with Crippen molar-refractivity contribution in [3.63, 3.8) is 0 Å². The summed E-state index contributed by atoms with van der Waals surface area (Å²) >= 11 is 0. The zero-order valence-corrected chi connectivity index (χ0v) is 10.6. The molecule has 0 amide bonds. The van der Waals surface area contributed by atoms with Crippen LogP contribution >= 0.6 is 0 Å². The van der Waals surface area contributed by atoms with Crippen molar-refractivity contribution < 1.29 is 4.39 Å². The van der Waals surface area contributed by atoms with Gasteiger partial charge in [0.1, 0.15) is 5.82 Å². The molecule has 0 saturated carbocycles. The molecule has 1 heterocycles. The average Bonchev–Trinajstić information content (AvgIpc) is 2.34. The van der Waals surface area contributed by atoms with E-state index in [4.69, 9.17) is 0 Å². The number of halogens is 1. The highest BCUT2D eigenvalue weighted by Crippen LogP contribution is 2.19. The van der Waals surface area contributed by atoms with Crippen molar-refractivity contribution in [2.75, 3.05) is 5.32 Å². The molecule has 1 aromatic heterocycles. The van der Waals surface area contributed by atoms with Crippen molar-refractivity contribution in [2.24, 2.45) is 0 Å². The van der Waals surface area contributed by atoms with Crippen molar-refractivity contribution in [3.8, 4) is 0 Å². The van der Waals surface area contributed by atoms with Gasteiger partial charge in [-0.3, -0.25) is 0 Å². The lowest BCUT2D eigenvalue weighted by atomic mass is 10.1. The molecule has 4 nitrogen and oxygen atoms in total. The molecule has 1 N–H and O–H groups in total. The Balaban J connectivity index is 2.19. The van der Waals surface area contributed by atoms with Gasteiger partial charge in [0, 0.05) is 5.56 Å². The zero-order chi connectivity index (χ0) is 13.1. The number of aryl methyl sites for hydroxylation is 2. The fourth-order valence-electron chi connectivity index (χ4n) is 1.62. The van der Waals surface area contributed by atoms with Gasteiger partial charge in [-0.05, 0) is 26.8 Å². The maximum Gasteiger partial charge on any atom is 0.243 e. The van der Waals surface area contributed by atoms with Crippen molar-refractivity contribution in [2.45, 2.75) is 26.8 Å². The Labute approximate surface area is 105 Å². The molecule has 18 heavy (non-hydrogen) atoms. The van der Waals surface area contributed by atoms with Crippen molar-refractivity contribution in [1.29, 1.82) is 0 Å². The number of aromatic nitrogens is 3. The van der Waals surface area contributed by atoms with Crippen LogP contribution < -0.4 is 5.32 Å². The van der Waals surface area contributed by atoms with Crippen LogP contribution in [0.4, 0.5) is 10.3 Å². The molecule has 0 aliphatic rings. The second kappa shape index (κ2) is 5.08. The second-order valence-corrected chi connectivity index (χ2v) is 4.19. The third-order valence-electron chi connectivity index (χ3n) is 2.81. The Morgan fingerprint density at radius 3 is 2.50 bits per heavy atom. The van der Waals surface area contributed by atoms with E-state index < -0.39 is 0 Å². The number of hydrogen-bond donors (Lipinski definition) is 1. The highest BCUT2D eigenvalue weighted by atomic mass is 19.1. The molecule has 1 aromatic carbocycles. The van der Waals surface area contributed by atoms with Gasteiger partial charge in [0.25, 0.3) is 0 Å². The molecule has 0 aliphatic carbocycles. The van der Waals surface area contributed by atoms with Crippen molar-refractivity contribution in [3.05, 3.63) is 47.0 Å². The van der Waals surface area contributed by atoms with Crippen LogP contribution in [0.2, 0.25) is 0 Å². The van der Waals surface area contributed by atoms with Crippen molar-refractivity contribution in [1.82, 2.24) is 15.2 Å². The molecule has 1 atom stereocenters. The summed E-state index contributed by atoms with van der Waals surface area (Å²) in [5.41, 5.74) is 2.19. The van der Waals surface area contributed by atoms with Gasteiger partial charge in [-0.1, -0.05) is 18.2 Å². The van der Waals surface area contributed by atoms with E-state index in [-0.39, 0.29) is 11.9 Å². The summed E-state index contributed by atoms with van der Waals surface area (Å²) in [5.74, 6) is 0.170. The first kappa shape index (κ1) is 12.4. The molecular formula is C13H15FN4. The highest BCUT2D eigenvalue weighted by Gasteiger charge is 2.11. The molecule has 94 valence electrons. The minimum absolute atomic E-state index is 0.213. The summed E-state index contributed by atoms with van der Waals surface area (Å²) in [7, 11) is 0. The van der Waals surface area contributed by atoms with E-state index >= 15 is 0 Å². The molecule has 2 aromatic rings. The number of rotatable bonds is 3. The summed E-state index contributed by atoms with van der Waals surface area (Å²) in [6.07, 6.45) is 0. The van der Waals surface area contributed by atoms with Crippen LogP contribution in [0, 0.1) is 19.7 Å². The fraction of sp³-hybridized carbons (Fsp3) is 0.308. The monoisotopic (exact) mass is 246 g/mol. The molecule has 0 aliphatic heterocycles. The van der Waals surface area contributed by atoms with Gasteiger partial charge in [-0.2, -0.15) is 5.10 Å². The van der Waals surface area contributed by atoms with Crippen LogP contribution in [0.1, 0.15) is 29.9 Å². The molecule has 0 bridgehead atoms. The van der Waals surface area contributed by atoms with Gasteiger partial charge < -0.3 is 5.32 Å². The predicted octanol–water partition coefficient (Wildman–Crippen LogP) is 2.80. The average molecular weight is 246 g/mol. The molecule has 2 rings (SSSR count). The van der Waals surface area contributed by atoms with Gasteiger partial charge in [-0.25, -0.2) is 9.37 Å². The second-order valence-electron chi connectivity index (χ2n) is 4.19. The summed E-state index contributed by atoms with van der Waals surface area (Å²) in [6.45, 7) is 5.57. The molecule has 0 fully saturated rings. The lowest BCUT2D eigenvalue weighted by Crippen LogP contribution is -2.12. The van der Waals surface area contributed by atoms with Crippen LogP contribution in [0.3, 0.4) is 0 Å². The lowest BCUT2D eigenvalue weighted by molar-refractivity contribution is 0.599. The van der Waals surface area contributed by atoms with Crippen LogP contribution in [0.25, 0.3) is 0 Å². The molecule has 1 unspecified atom stereocenters. The Hall–Kier alpha value is -2.04. The van der Waals surface area contributed by atoms with Gasteiger partial charge in [0.15, 0.2) is 0 Å². The number of nitrogens with one attached hydrogen (secondary N) is 1. The van der Waals surface area contributed by atoms with Crippen LogP contribution in [0.15, 0.2) is 24.3 Å². The van der Waals surface area contributed by atoms with E-state index in [0.717, 1.165) is 11.4 Å². The number of hydrogen-bond acceptors (Lipinski definition) is 4.